The fourth-order valence-electron chi connectivity index (χ4n) is 2.92. The molecule has 1 aliphatic heterocycles. The van der Waals surface area contributed by atoms with E-state index in [2.05, 4.69) is 40.2 Å². The van der Waals surface area contributed by atoms with Crippen LogP contribution in [-0.2, 0) is 0 Å². The second kappa shape index (κ2) is 7.87. The van der Waals surface area contributed by atoms with Crippen LogP contribution in [0.5, 0.6) is 0 Å². The molecule has 0 aliphatic carbocycles. The molecule has 1 saturated heterocycles. The number of hydrogen-bond acceptors (Lipinski definition) is 8. The summed E-state index contributed by atoms with van der Waals surface area (Å²) in [6, 6.07) is 3.71. The Bertz CT molecular complexity index is 798. The van der Waals surface area contributed by atoms with E-state index in [1.54, 1.807) is 35.7 Å². The summed E-state index contributed by atoms with van der Waals surface area (Å²) in [5.41, 5.74) is 0. The molecule has 4 rings (SSSR count). The number of nitrogens with one attached hydrogen (secondary N) is 1. The van der Waals surface area contributed by atoms with Crippen LogP contribution < -0.4 is 10.2 Å². The first kappa shape index (κ1) is 16.4. The van der Waals surface area contributed by atoms with Crippen LogP contribution in [-0.4, -0.2) is 73.9 Å². The van der Waals surface area contributed by atoms with Crippen molar-refractivity contribution in [1.82, 2.24) is 34.6 Å². The molecule has 9 heteroatoms. The predicted molar refractivity (Wildman–Crippen MR) is 98.3 cm³/mol. The molecule has 0 saturated carbocycles. The molecule has 0 radical (unpaired) electrons. The van der Waals surface area contributed by atoms with Crippen LogP contribution in [0.1, 0.15) is 0 Å². The Morgan fingerprint density at radius 1 is 0.962 bits per heavy atom. The Kier molecular flexibility index (Phi) is 4.97. The molecule has 3 aromatic heterocycles. The van der Waals surface area contributed by atoms with Crippen LogP contribution in [0.4, 0.5) is 11.8 Å². The maximum atomic E-state index is 4.53. The zero-order valence-corrected chi connectivity index (χ0v) is 14.4. The Morgan fingerprint density at radius 3 is 2.58 bits per heavy atom. The fraction of sp³-hybridized carbons (Fsp3) is 0.353. The highest BCUT2D eigenvalue weighted by atomic mass is 15.3. The molecule has 0 spiro atoms. The largest absolute Gasteiger partial charge is 0.367 e. The summed E-state index contributed by atoms with van der Waals surface area (Å²) >= 11 is 0. The molecule has 1 fully saturated rings. The van der Waals surface area contributed by atoms with E-state index in [0.29, 0.717) is 5.82 Å². The summed E-state index contributed by atoms with van der Waals surface area (Å²) in [4.78, 5) is 22.1. The van der Waals surface area contributed by atoms with E-state index in [1.807, 2.05) is 18.3 Å². The topological polar surface area (TPSA) is 87.9 Å². The van der Waals surface area contributed by atoms with Crippen LogP contribution >= 0.6 is 0 Å². The van der Waals surface area contributed by atoms with Gasteiger partial charge < -0.3 is 10.2 Å². The van der Waals surface area contributed by atoms with E-state index in [0.717, 1.165) is 51.0 Å². The zero-order chi connectivity index (χ0) is 17.6. The summed E-state index contributed by atoms with van der Waals surface area (Å²) in [5, 5.41) is 7.52. The molecule has 4 heterocycles. The molecule has 1 N–H and O–H groups in total. The Balaban J connectivity index is 1.24. The SMILES string of the molecule is c1cnc(N2CCN(CCNc3cncc(-n4cccn4)n3)CC2)nc1. The monoisotopic (exact) mass is 351 g/mol. The van der Waals surface area contributed by atoms with Crippen molar-refractivity contribution in [3.63, 3.8) is 0 Å². The van der Waals surface area contributed by atoms with Gasteiger partial charge in [-0.1, -0.05) is 0 Å². The minimum absolute atomic E-state index is 0.705. The van der Waals surface area contributed by atoms with E-state index < -0.39 is 0 Å². The van der Waals surface area contributed by atoms with Crippen molar-refractivity contribution >= 4 is 11.8 Å². The molecule has 9 nitrogen and oxygen atoms in total. The van der Waals surface area contributed by atoms with Crippen molar-refractivity contribution in [2.45, 2.75) is 0 Å². The number of aromatic nitrogens is 6. The molecular weight excluding hydrogens is 330 g/mol. The predicted octanol–water partition coefficient (Wildman–Crippen LogP) is 0.686. The van der Waals surface area contributed by atoms with Crippen molar-refractivity contribution in [2.75, 3.05) is 49.5 Å². The molecular formula is C17H21N9. The first-order valence-corrected chi connectivity index (χ1v) is 8.69. The van der Waals surface area contributed by atoms with E-state index in [9.17, 15) is 0 Å². The standard InChI is InChI=1S/C17H21N9/c1-3-20-17(21-4-1)25-11-9-24(10-12-25)8-6-19-15-13-18-14-16(23-15)26-7-2-5-22-26/h1-5,7,13-14H,6,8-12H2,(H,19,23). The van der Waals surface area contributed by atoms with E-state index in [1.165, 1.54) is 0 Å². The number of piperazine rings is 1. The summed E-state index contributed by atoms with van der Waals surface area (Å²) < 4.78 is 1.70. The van der Waals surface area contributed by atoms with Crippen LogP contribution in [0.25, 0.3) is 5.82 Å². The van der Waals surface area contributed by atoms with Gasteiger partial charge in [-0.15, -0.1) is 0 Å². The van der Waals surface area contributed by atoms with Gasteiger partial charge in [0.2, 0.25) is 5.95 Å². The Morgan fingerprint density at radius 2 is 1.81 bits per heavy atom. The van der Waals surface area contributed by atoms with Gasteiger partial charge in [0, 0.05) is 64.1 Å². The minimum Gasteiger partial charge on any atom is -0.367 e. The van der Waals surface area contributed by atoms with Gasteiger partial charge in [0.05, 0.1) is 12.4 Å². The van der Waals surface area contributed by atoms with Gasteiger partial charge in [-0.2, -0.15) is 5.10 Å². The third kappa shape index (κ3) is 3.94. The minimum atomic E-state index is 0.705. The lowest BCUT2D eigenvalue weighted by Gasteiger charge is -2.34. The lowest BCUT2D eigenvalue weighted by Crippen LogP contribution is -2.48. The average molecular weight is 351 g/mol. The first-order valence-electron chi connectivity index (χ1n) is 8.69. The second-order valence-corrected chi connectivity index (χ2v) is 6.02. The van der Waals surface area contributed by atoms with Gasteiger partial charge in [0.1, 0.15) is 5.82 Å². The second-order valence-electron chi connectivity index (χ2n) is 6.02. The molecule has 0 bridgehead atoms. The molecule has 0 aromatic carbocycles. The number of anilines is 2. The van der Waals surface area contributed by atoms with E-state index >= 15 is 0 Å². The summed E-state index contributed by atoms with van der Waals surface area (Å²) in [5.74, 6) is 2.28. The van der Waals surface area contributed by atoms with Crippen LogP contribution in [0, 0.1) is 0 Å². The third-order valence-corrected chi connectivity index (χ3v) is 4.30. The van der Waals surface area contributed by atoms with Crippen molar-refractivity contribution in [3.8, 4) is 5.82 Å². The van der Waals surface area contributed by atoms with Crippen molar-refractivity contribution in [1.29, 1.82) is 0 Å². The molecule has 0 amide bonds. The lowest BCUT2D eigenvalue weighted by atomic mass is 10.3. The molecule has 134 valence electrons. The first-order chi connectivity index (χ1) is 12.9. The average Bonchev–Trinajstić information content (AvgIpc) is 3.24. The van der Waals surface area contributed by atoms with Gasteiger partial charge in [0.15, 0.2) is 5.82 Å². The maximum Gasteiger partial charge on any atom is 0.225 e. The van der Waals surface area contributed by atoms with Crippen molar-refractivity contribution in [2.24, 2.45) is 0 Å². The van der Waals surface area contributed by atoms with E-state index in [-0.39, 0.29) is 0 Å². The van der Waals surface area contributed by atoms with Gasteiger partial charge in [-0.25, -0.2) is 19.6 Å². The van der Waals surface area contributed by atoms with Crippen LogP contribution in [0.2, 0.25) is 0 Å². The van der Waals surface area contributed by atoms with Gasteiger partial charge >= 0.3 is 0 Å². The summed E-state index contributed by atoms with van der Waals surface area (Å²) in [6.45, 7) is 5.66. The highest BCUT2D eigenvalue weighted by Gasteiger charge is 2.18. The van der Waals surface area contributed by atoms with Gasteiger partial charge in [0.25, 0.3) is 0 Å². The molecule has 0 unspecified atom stereocenters. The van der Waals surface area contributed by atoms with Crippen LogP contribution in [0.15, 0.2) is 49.3 Å². The summed E-state index contributed by atoms with van der Waals surface area (Å²) in [6.07, 6.45) is 10.6. The molecule has 0 atom stereocenters. The normalized spacial score (nSPS) is 15.2. The Hall–Kier alpha value is -3.07. The maximum absolute atomic E-state index is 4.53. The molecule has 3 aromatic rings. The van der Waals surface area contributed by atoms with Gasteiger partial charge in [-0.05, 0) is 12.1 Å². The highest BCUT2D eigenvalue weighted by Crippen LogP contribution is 2.10. The Labute approximate surface area is 151 Å². The highest BCUT2D eigenvalue weighted by molar-refractivity contribution is 5.35. The quantitative estimate of drug-likeness (QED) is 0.694. The fourth-order valence-corrected chi connectivity index (χ4v) is 2.92. The smallest absolute Gasteiger partial charge is 0.225 e. The molecule has 1 aliphatic rings. The molecule has 26 heavy (non-hydrogen) atoms. The summed E-state index contributed by atoms with van der Waals surface area (Å²) in [7, 11) is 0. The number of rotatable bonds is 6. The number of nitrogens with zero attached hydrogens (tertiary/aromatic N) is 8. The van der Waals surface area contributed by atoms with Crippen molar-refractivity contribution in [3.05, 3.63) is 49.3 Å². The van der Waals surface area contributed by atoms with E-state index in [4.69, 9.17) is 0 Å². The number of hydrogen-bond donors (Lipinski definition) is 1. The van der Waals surface area contributed by atoms with Crippen molar-refractivity contribution < 1.29 is 0 Å². The zero-order valence-electron chi connectivity index (χ0n) is 14.4. The lowest BCUT2D eigenvalue weighted by molar-refractivity contribution is 0.266. The third-order valence-electron chi connectivity index (χ3n) is 4.30. The van der Waals surface area contributed by atoms with Crippen LogP contribution in [0.3, 0.4) is 0 Å². The van der Waals surface area contributed by atoms with Gasteiger partial charge in [-0.3, -0.25) is 9.88 Å².